The van der Waals surface area contributed by atoms with E-state index >= 15 is 0 Å². The molecule has 0 aliphatic carbocycles. The van der Waals surface area contributed by atoms with Crippen LogP contribution < -0.4 is 15.2 Å². The molecule has 2 aromatic carbocycles. The molecule has 0 atom stereocenters. The van der Waals surface area contributed by atoms with Gasteiger partial charge in [-0.3, -0.25) is 4.79 Å². The summed E-state index contributed by atoms with van der Waals surface area (Å²) in [4.78, 5) is 21.9. The minimum absolute atomic E-state index is 0.0322. The first-order chi connectivity index (χ1) is 16.0. The summed E-state index contributed by atoms with van der Waals surface area (Å²) in [7, 11) is 1.47. The van der Waals surface area contributed by atoms with Crippen LogP contribution in [0.2, 0.25) is 0 Å². The number of benzene rings is 2. The Morgan fingerprint density at radius 2 is 1.85 bits per heavy atom. The minimum atomic E-state index is -1.19. The molecule has 1 saturated heterocycles. The van der Waals surface area contributed by atoms with E-state index in [0.29, 0.717) is 56.4 Å². The van der Waals surface area contributed by atoms with Gasteiger partial charge in [0.25, 0.3) is 5.56 Å². The number of para-hydroxylation sites is 1. The monoisotopic (exact) mass is 446 g/mol. The van der Waals surface area contributed by atoms with Crippen molar-refractivity contribution >= 4 is 5.82 Å². The summed E-state index contributed by atoms with van der Waals surface area (Å²) in [6.45, 7) is 1.27. The highest BCUT2D eigenvalue weighted by Crippen LogP contribution is 2.27. The highest BCUT2D eigenvalue weighted by molar-refractivity contribution is 5.53. The summed E-state index contributed by atoms with van der Waals surface area (Å²) in [5, 5.41) is 19.9. The molecule has 3 aromatic rings. The number of rotatable bonds is 7. The summed E-state index contributed by atoms with van der Waals surface area (Å²) >= 11 is 0. The summed E-state index contributed by atoms with van der Waals surface area (Å²) in [5.41, 5.74) is 1.42. The van der Waals surface area contributed by atoms with Gasteiger partial charge in [-0.15, -0.1) is 0 Å². The Balaban J connectivity index is 1.57. The Morgan fingerprint density at radius 1 is 1.15 bits per heavy atom. The summed E-state index contributed by atoms with van der Waals surface area (Å²) in [6.07, 6.45) is 1.05. The van der Waals surface area contributed by atoms with Crippen molar-refractivity contribution in [3.8, 4) is 11.8 Å². The second kappa shape index (κ2) is 9.86. The topological polar surface area (TPSA) is 111 Å². The first-order valence-corrected chi connectivity index (χ1v) is 10.8. The first kappa shape index (κ1) is 22.5. The maximum absolute atomic E-state index is 12.7. The molecular formula is C25H26N4O4. The van der Waals surface area contributed by atoms with E-state index in [-0.39, 0.29) is 5.56 Å². The Morgan fingerprint density at radius 3 is 2.55 bits per heavy atom. The maximum Gasteiger partial charge on any atom is 0.271 e. The third kappa shape index (κ3) is 5.22. The average molecular weight is 447 g/mol. The number of aliphatic hydroxyl groups is 1. The lowest BCUT2D eigenvalue weighted by Gasteiger charge is -2.37. The second-order valence-corrected chi connectivity index (χ2v) is 8.02. The molecular weight excluding hydrogens is 420 g/mol. The van der Waals surface area contributed by atoms with Crippen molar-refractivity contribution in [2.24, 2.45) is 0 Å². The molecule has 33 heavy (non-hydrogen) atoms. The highest BCUT2D eigenvalue weighted by Gasteiger charge is 2.33. The summed E-state index contributed by atoms with van der Waals surface area (Å²) in [5.74, 6) is 0.287. The number of H-pyrrole nitrogens is 1. The van der Waals surface area contributed by atoms with Gasteiger partial charge in [0.1, 0.15) is 24.3 Å². The van der Waals surface area contributed by atoms with Gasteiger partial charge >= 0.3 is 0 Å². The predicted molar refractivity (Wildman–Crippen MR) is 123 cm³/mol. The molecule has 4 rings (SSSR count). The van der Waals surface area contributed by atoms with Crippen LogP contribution in [0.15, 0.2) is 59.4 Å². The van der Waals surface area contributed by atoms with E-state index < -0.39 is 11.3 Å². The summed E-state index contributed by atoms with van der Waals surface area (Å²) < 4.78 is 11.2. The molecule has 0 unspecified atom stereocenters. The number of aromatic nitrogens is 2. The van der Waals surface area contributed by atoms with Crippen LogP contribution >= 0.6 is 0 Å². The number of ether oxygens (including phenoxy) is 2. The molecule has 1 fully saturated rings. The van der Waals surface area contributed by atoms with Crippen molar-refractivity contribution in [2.45, 2.75) is 31.7 Å². The lowest BCUT2D eigenvalue weighted by atomic mass is 10.0. The third-order valence-electron chi connectivity index (χ3n) is 5.85. The molecule has 1 aliphatic heterocycles. The van der Waals surface area contributed by atoms with Crippen LogP contribution in [-0.2, 0) is 17.8 Å². The van der Waals surface area contributed by atoms with Crippen LogP contribution in [0.3, 0.4) is 0 Å². The predicted octanol–water partition coefficient (Wildman–Crippen LogP) is 2.75. The van der Waals surface area contributed by atoms with Gasteiger partial charge in [0.2, 0.25) is 0 Å². The SMILES string of the molecule is COC1(O)CCN(c2nc(Cc3ccccc3OCc3ccccc3)[nH]c(=O)c2C#N)CC1. The highest BCUT2D eigenvalue weighted by atomic mass is 16.6. The molecule has 2 heterocycles. The van der Waals surface area contributed by atoms with Crippen LogP contribution in [0.1, 0.15) is 35.4 Å². The number of methoxy groups -OCH3 is 1. The molecule has 1 aromatic heterocycles. The Kier molecular flexibility index (Phi) is 6.73. The van der Waals surface area contributed by atoms with Gasteiger partial charge in [-0.05, 0) is 11.6 Å². The lowest BCUT2D eigenvalue weighted by Crippen LogP contribution is -2.46. The number of anilines is 1. The smallest absolute Gasteiger partial charge is 0.271 e. The van der Waals surface area contributed by atoms with Gasteiger partial charge in [-0.25, -0.2) is 4.98 Å². The first-order valence-electron chi connectivity index (χ1n) is 10.8. The zero-order valence-corrected chi connectivity index (χ0v) is 18.5. The lowest BCUT2D eigenvalue weighted by molar-refractivity contribution is -0.196. The number of hydrogen-bond donors (Lipinski definition) is 2. The molecule has 8 heteroatoms. The van der Waals surface area contributed by atoms with Crippen molar-refractivity contribution in [1.82, 2.24) is 9.97 Å². The molecule has 0 spiro atoms. The zero-order chi connectivity index (χ0) is 23.3. The van der Waals surface area contributed by atoms with Crippen molar-refractivity contribution in [3.05, 3.63) is 87.5 Å². The molecule has 1 aliphatic rings. The van der Waals surface area contributed by atoms with Gasteiger partial charge in [0.05, 0.1) is 0 Å². The van der Waals surface area contributed by atoms with Gasteiger partial charge in [-0.2, -0.15) is 5.26 Å². The van der Waals surface area contributed by atoms with Crippen molar-refractivity contribution < 1.29 is 14.6 Å². The molecule has 0 saturated carbocycles. The fraction of sp³-hybridized carbons (Fsp3) is 0.320. The normalized spacial score (nSPS) is 15.1. The van der Waals surface area contributed by atoms with E-state index in [1.807, 2.05) is 65.6 Å². The number of nitrogens with one attached hydrogen (secondary N) is 1. The van der Waals surface area contributed by atoms with Crippen molar-refractivity contribution in [1.29, 1.82) is 5.26 Å². The van der Waals surface area contributed by atoms with Gasteiger partial charge in [-0.1, -0.05) is 48.5 Å². The molecule has 0 radical (unpaired) electrons. The van der Waals surface area contributed by atoms with E-state index in [1.165, 1.54) is 7.11 Å². The van der Waals surface area contributed by atoms with E-state index in [2.05, 4.69) is 9.97 Å². The maximum atomic E-state index is 12.7. The molecule has 170 valence electrons. The molecule has 0 bridgehead atoms. The zero-order valence-electron chi connectivity index (χ0n) is 18.5. The molecule has 2 N–H and O–H groups in total. The average Bonchev–Trinajstić information content (AvgIpc) is 2.84. The number of aromatic amines is 1. The van der Waals surface area contributed by atoms with Crippen LogP contribution in [-0.4, -0.2) is 41.1 Å². The quantitative estimate of drug-likeness (QED) is 0.537. The van der Waals surface area contributed by atoms with Crippen LogP contribution in [0, 0.1) is 11.3 Å². The fourth-order valence-corrected chi connectivity index (χ4v) is 3.90. The summed E-state index contributed by atoms with van der Waals surface area (Å²) in [6, 6.07) is 19.5. The van der Waals surface area contributed by atoms with Gasteiger partial charge < -0.3 is 24.5 Å². The number of nitriles is 1. The van der Waals surface area contributed by atoms with E-state index in [9.17, 15) is 15.2 Å². The molecule has 8 nitrogen and oxygen atoms in total. The Hall–Kier alpha value is -3.67. The Bertz CT molecular complexity index is 1200. The Labute approximate surface area is 192 Å². The largest absolute Gasteiger partial charge is 0.489 e. The van der Waals surface area contributed by atoms with E-state index in [0.717, 1.165) is 11.1 Å². The number of nitrogens with zero attached hydrogens (tertiary/aromatic N) is 3. The minimum Gasteiger partial charge on any atom is -0.489 e. The fourth-order valence-electron chi connectivity index (χ4n) is 3.90. The van der Waals surface area contributed by atoms with Gasteiger partial charge in [0.15, 0.2) is 17.2 Å². The third-order valence-corrected chi connectivity index (χ3v) is 5.85. The van der Waals surface area contributed by atoms with Crippen LogP contribution in [0.25, 0.3) is 0 Å². The van der Waals surface area contributed by atoms with Crippen LogP contribution in [0.5, 0.6) is 5.75 Å². The van der Waals surface area contributed by atoms with E-state index in [4.69, 9.17) is 9.47 Å². The van der Waals surface area contributed by atoms with E-state index in [1.54, 1.807) is 0 Å². The number of hydrogen-bond acceptors (Lipinski definition) is 7. The molecule has 0 amide bonds. The number of piperidine rings is 1. The van der Waals surface area contributed by atoms with Crippen LogP contribution in [0.4, 0.5) is 5.82 Å². The van der Waals surface area contributed by atoms with Crippen molar-refractivity contribution in [2.75, 3.05) is 25.1 Å². The standard InChI is InChI=1S/C25H26N4O4/c1-32-25(31)11-13-29(14-12-25)23-20(16-26)24(30)28-22(27-23)15-19-9-5-6-10-21(19)33-17-18-7-3-2-4-8-18/h2-10,31H,11-15,17H2,1H3,(H,27,28,30). The van der Waals surface area contributed by atoms with Gasteiger partial charge in [0, 0.05) is 45.0 Å². The van der Waals surface area contributed by atoms with Crippen molar-refractivity contribution in [3.63, 3.8) is 0 Å². The second-order valence-electron chi connectivity index (χ2n) is 8.02.